The molecule has 0 amide bonds. The number of halogens is 1. The monoisotopic (exact) mass is 272 g/mol. The Kier molecular flexibility index (Phi) is 2.29. The number of benzene rings is 2. The normalized spacial score (nSPS) is 10.8. The molecule has 16 heavy (non-hydrogen) atoms. The molecule has 78 valence electrons. The summed E-state index contributed by atoms with van der Waals surface area (Å²) in [7, 11) is 0. The molecule has 0 unspecified atom stereocenters. The van der Waals surface area contributed by atoms with Crippen LogP contribution in [-0.2, 0) is 0 Å². The fourth-order valence-electron chi connectivity index (χ4n) is 1.80. The maximum Gasteiger partial charge on any atom is 0.134 e. The molecular formula is C14H9BrO. The zero-order valence-electron chi connectivity index (χ0n) is 8.48. The molecule has 0 radical (unpaired) electrons. The van der Waals surface area contributed by atoms with E-state index in [9.17, 15) is 0 Å². The molecule has 2 heteroatoms. The first-order valence-corrected chi connectivity index (χ1v) is 5.85. The Morgan fingerprint density at radius 3 is 2.62 bits per heavy atom. The third-order valence-corrected chi connectivity index (χ3v) is 3.11. The van der Waals surface area contributed by atoms with E-state index in [1.807, 2.05) is 18.2 Å². The summed E-state index contributed by atoms with van der Waals surface area (Å²) in [5, 5.41) is 1.14. The van der Waals surface area contributed by atoms with Gasteiger partial charge in [0.15, 0.2) is 0 Å². The van der Waals surface area contributed by atoms with Gasteiger partial charge in [0.05, 0.1) is 6.26 Å². The van der Waals surface area contributed by atoms with Gasteiger partial charge in [-0.1, -0.05) is 40.2 Å². The van der Waals surface area contributed by atoms with Gasteiger partial charge < -0.3 is 4.42 Å². The summed E-state index contributed by atoms with van der Waals surface area (Å²) in [6.07, 6.45) is 1.72. The van der Waals surface area contributed by atoms with Crippen LogP contribution in [0, 0.1) is 0 Å². The number of hydrogen-bond acceptors (Lipinski definition) is 1. The van der Waals surface area contributed by atoms with Crippen molar-refractivity contribution >= 4 is 26.9 Å². The second kappa shape index (κ2) is 3.80. The van der Waals surface area contributed by atoms with Crippen molar-refractivity contribution in [2.24, 2.45) is 0 Å². The van der Waals surface area contributed by atoms with Crippen LogP contribution in [0.4, 0.5) is 0 Å². The van der Waals surface area contributed by atoms with Crippen molar-refractivity contribution in [2.75, 3.05) is 0 Å². The van der Waals surface area contributed by atoms with E-state index >= 15 is 0 Å². The predicted molar refractivity (Wildman–Crippen MR) is 69.4 cm³/mol. The Bertz CT molecular complexity index is 640. The summed E-state index contributed by atoms with van der Waals surface area (Å²) < 4.78 is 6.49. The van der Waals surface area contributed by atoms with Gasteiger partial charge in [0.2, 0.25) is 0 Å². The quantitative estimate of drug-likeness (QED) is 0.617. The van der Waals surface area contributed by atoms with Gasteiger partial charge in [-0.05, 0) is 35.4 Å². The standard InChI is InChI=1S/C14H9BrO/c15-13-3-1-2-11(8-13)12-5-4-10-6-7-16-14(10)9-12/h1-9H. The maximum absolute atomic E-state index is 5.40. The highest BCUT2D eigenvalue weighted by Gasteiger charge is 2.01. The van der Waals surface area contributed by atoms with E-state index < -0.39 is 0 Å². The highest BCUT2D eigenvalue weighted by Crippen LogP contribution is 2.26. The third kappa shape index (κ3) is 1.65. The van der Waals surface area contributed by atoms with Gasteiger partial charge in [0, 0.05) is 9.86 Å². The molecule has 0 aliphatic heterocycles. The summed E-state index contributed by atoms with van der Waals surface area (Å²) in [4.78, 5) is 0. The second-order valence-electron chi connectivity index (χ2n) is 3.68. The molecule has 0 saturated heterocycles. The van der Waals surface area contributed by atoms with Gasteiger partial charge in [-0.2, -0.15) is 0 Å². The molecule has 0 N–H and O–H groups in total. The summed E-state index contributed by atoms with van der Waals surface area (Å²) >= 11 is 3.48. The van der Waals surface area contributed by atoms with Crippen molar-refractivity contribution in [3.05, 3.63) is 59.3 Å². The fraction of sp³-hybridized carbons (Fsp3) is 0. The largest absolute Gasteiger partial charge is 0.464 e. The van der Waals surface area contributed by atoms with Crippen LogP contribution in [0.15, 0.2) is 63.7 Å². The topological polar surface area (TPSA) is 13.1 Å². The minimum atomic E-state index is 0.928. The first-order valence-electron chi connectivity index (χ1n) is 5.06. The minimum Gasteiger partial charge on any atom is -0.464 e. The number of furan rings is 1. The van der Waals surface area contributed by atoms with Crippen molar-refractivity contribution in [3.8, 4) is 11.1 Å². The van der Waals surface area contributed by atoms with Crippen LogP contribution in [0.5, 0.6) is 0 Å². The lowest BCUT2D eigenvalue weighted by Crippen LogP contribution is -1.77. The molecule has 3 aromatic rings. The Morgan fingerprint density at radius 1 is 0.875 bits per heavy atom. The lowest BCUT2D eigenvalue weighted by molar-refractivity contribution is 0.616. The van der Waals surface area contributed by atoms with E-state index in [-0.39, 0.29) is 0 Å². The molecule has 0 bridgehead atoms. The summed E-state index contributed by atoms with van der Waals surface area (Å²) in [6, 6.07) is 16.5. The van der Waals surface area contributed by atoms with Crippen LogP contribution < -0.4 is 0 Å². The average Bonchev–Trinajstić information content (AvgIpc) is 2.75. The average molecular weight is 273 g/mol. The van der Waals surface area contributed by atoms with Crippen LogP contribution in [0.2, 0.25) is 0 Å². The fourth-order valence-corrected chi connectivity index (χ4v) is 2.20. The maximum atomic E-state index is 5.40. The molecular weight excluding hydrogens is 264 g/mol. The lowest BCUT2D eigenvalue weighted by Gasteiger charge is -2.01. The van der Waals surface area contributed by atoms with E-state index in [1.54, 1.807) is 6.26 Å². The molecule has 0 aliphatic rings. The molecule has 0 spiro atoms. The summed E-state index contributed by atoms with van der Waals surface area (Å²) in [6.45, 7) is 0. The summed E-state index contributed by atoms with van der Waals surface area (Å²) in [5.74, 6) is 0. The molecule has 0 atom stereocenters. The number of rotatable bonds is 1. The van der Waals surface area contributed by atoms with E-state index in [4.69, 9.17) is 4.42 Å². The molecule has 0 aliphatic carbocycles. The molecule has 1 aromatic heterocycles. The lowest BCUT2D eigenvalue weighted by atomic mass is 10.0. The third-order valence-electron chi connectivity index (χ3n) is 2.61. The van der Waals surface area contributed by atoms with Crippen LogP contribution in [0.1, 0.15) is 0 Å². The van der Waals surface area contributed by atoms with Gasteiger partial charge in [-0.3, -0.25) is 0 Å². The summed E-state index contributed by atoms with van der Waals surface area (Å²) in [5.41, 5.74) is 3.29. The Balaban J connectivity index is 2.18. The highest BCUT2D eigenvalue weighted by molar-refractivity contribution is 9.10. The van der Waals surface area contributed by atoms with E-state index in [0.29, 0.717) is 0 Å². The second-order valence-corrected chi connectivity index (χ2v) is 4.60. The number of fused-ring (bicyclic) bond motifs is 1. The van der Waals surface area contributed by atoms with Crippen molar-refractivity contribution < 1.29 is 4.42 Å². The smallest absolute Gasteiger partial charge is 0.134 e. The number of hydrogen-bond donors (Lipinski definition) is 0. The van der Waals surface area contributed by atoms with Gasteiger partial charge in [0.25, 0.3) is 0 Å². The highest BCUT2D eigenvalue weighted by atomic mass is 79.9. The minimum absolute atomic E-state index is 0.928. The van der Waals surface area contributed by atoms with Crippen molar-refractivity contribution in [1.82, 2.24) is 0 Å². The predicted octanol–water partition coefficient (Wildman–Crippen LogP) is 4.86. The molecule has 1 nitrogen and oxygen atoms in total. The first-order chi connectivity index (χ1) is 7.83. The van der Waals surface area contributed by atoms with Crippen LogP contribution in [0.3, 0.4) is 0 Å². The van der Waals surface area contributed by atoms with Gasteiger partial charge >= 0.3 is 0 Å². The van der Waals surface area contributed by atoms with Crippen LogP contribution in [0.25, 0.3) is 22.1 Å². The van der Waals surface area contributed by atoms with Crippen molar-refractivity contribution in [1.29, 1.82) is 0 Å². The zero-order chi connectivity index (χ0) is 11.0. The first kappa shape index (κ1) is 9.67. The van der Waals surface area contributed by atoms with Gasteiger partial charge in [0.1, 0.15) is 5.58 Å². The molecule has 0 saturated carbocycles. The molecule has 2 aromatic carbocycles. The van der Waals surface area contributed by atoms with E-state index in [2.05, 4.69) is 46.3 Å². The Hall–Kier alpha value is -1.54. The van der Waals surface area contributed by atoms with E-state index in [0.717, 1.165) is 15.4 Å². The molecule has 0 fully saturated rings. The van der Waals surface area contributed by atoms with Crippen molar-refractivity contribution in [3.63, 3.8) is 0 Å². The van der Waals surface area contributed by atoms with Crippen LogP contribution in [-0.4, -0.2) is 0 Å². The molecule has 3 rings (SSSR count). The van der Waals surface area contributed by atoms with Crippen molar-refractivity contribution in [2.45, 2.75) is 0 Å². The zero-order valence-corrected chi connectivity index (χ0v) is 10.1. The molecule has 1 heterocycles. The van der Waals surface area contributed by atoms with Gasteiger partial charge in [-0.25, -0.2) is 0 Å². The Morgan fingerprint density at radius 2 is 1.75 bits per heavy atom. The van der Waals surface area contributed by atoms with Crippen LogP contribution >= 0.6 is 15.9 Å². The SMILES string of the molecule is Brc1cccc(-c2ccc3ccoc3c2)c1. The Labute approximate surface area is 102 Å². The van der Waals surface area contributed by atoms with Gasteiger partial charge in [-0.15, -0.1) is 0 Å². The van der Waals surface area contributed by atoms with E-state index in [1.165, 1.54) is 11.1 Å².